The van der Waals surface area contributed by atoms with Gasteiger partial charge in [-0.15, -0.1) is 0 Å². The van der Waals surface area contributed by atoms with Crippen LogP contribution in [0.5, 0.6) is 11.5 Å². The Morgan fingerprint density at radius 1 is 0.750 bits per heavy atom. The molecule has 2 nitrogen and oxygen atoms in total. The van der Waals surface area contributed by atoms with Crippen LogP contribution in [0.2, 0.25) is 0 Å². The average molecular weight is 370 g/mol. The molecule has 0 unspecified atom stereocenters. The summed E-state index contributed by atoms with van der Waals surface area (Å²) in [5.74, 6) is 1.34. The number of allylic oxidation sites excluding steroid dienone is 4. The molecule has 0 heterocycles. The zero-order valence-electron chi connectivity index (χ0n) is 17.1. The number of methoxy groups -OCH3 is 1. The van der Waals surface area contributed by atoms with Crippen molar-refractivity contribution in [1.82, 2.24) is 0 Å². The molecule has 0 aliphatic heterocycles. The van der Waals surface area contributed by atoms with Crippen LogP contribution in [0, 0.1) is 0 Å². The van der Waals surface area contributed by atoms with Crippen LogP contribution in [0.3, 0.4) is 0 Å². The molecule has 142 valence electrons. The second kappa shape index (κ2) is 6.87. The highest BCUT2D eigenvalue weighted by Gasteiger charge is 2.31. The summed E-state index contributed by atoms with van der Waals surface area (Å²) in [7, 11) is 1.72. The van der Waals surface area contributed by atoms with E-state index in [9.17, 15) is 5.11 Å². The van der Waals surface area contributed by atoms with E-state index in [4.69, 9.17) is 4.74 Å². The Balaban J connectivity index is 2.02. The van der Waals surface area contributed by atoms with Gasteiger partial charge in [0.1, 0.15) is 11.5 Å². The topological polar surface area (TPSA) is 29.5 Å². The third kappa shape index (κ3) is 2.63. The predicted molar refractivity (Wildman–Crippen MR) is 117 cm³/mol. The molecular weight excluding hydrogens is 344 g/mol. The summed E-state index contributed by atoms with van der Waals surface area (Å²) in [4.78, 5) is 0. The van der Waals surface area contributed by atoms with Crippen molar-refractivity contribution in [2.45, 2.75) is 33.6 Å². The number of hydrogen-bond donors (Lipinski definition) is 1. The first-order valence-corrected chi connectivity index (χ1v) is 9.68. The highest BCUT2D eigenvalue weighted by molar-refractivity contribution is 5.95. The third-order valence-corrected chi connectivity index (χ3v) is 6.38. The SMILES string of the molecule is COc1cccc(-c2ccc3ccccc3c2O)c1C1C(C)=C(C)C(C)=C1C. The van der Waals surface area contributed by atoms with Crippen LogP contribution in [0.25, 0.3) is 21.9 Å². The standard InChI is InChI=1S/C26H26O2/c1-15-16(2)18(4)24(17(15)3)25-21(11-8-12-23(25)28-5)22-14-13-19-9-6-7-10-20(19)26(22)27/h6-14,24,27H,1-5H3. The van der Waals surface area contributed by atoms with Crippen LogP contribution in [0.4, 0.5) is 0 Å². The molecule has 1 aliphatic carbocycles. The maximum absolute atomic E-state index is 11.1. The van der Waals surface area contributed by atoms with Gasteiger partial charge < -0.3 is 9.84 Å². The second-order valence-corrected chi connectivity index (χ2v) is 7.65. The van der Waals surface area contributed by atoms with Crippen molar-refractivity contribution in [1.29, 1.82) is 0 Å². The Bertz CT molecular complexity index is 1120. The van der Waals surface area contributed by atoms with Crippen LogP contribution >= 0.6 is 0 Å². The number of ether oxygens (including phenoxy) is 1. The van der Waals surface area contributed by atoms with Gasteiger partial charge in [-0.25, -0.2) is 0 Å². The maximum atomic E-state index is 11.1. The Morgan fingerprint density at radius 2 is 1.43 bits per heavy atom. The number of fused-ring (bicyclic) bond motifs is 1. The number of benzene rings is 3. The molecule has 0 fully saturated rings. The van der Waals surface area contributed by atoms with Gasteiger partial charge in [-0.1, -0.05) is 59.7 Å². The van der Waals surface area contributed by atoms with Gasteiger partial charge in [0.2, 0.25) is 0 Å². The molecule has 2 heteroatoms. The predicted octanol–water partition coefficient (Wildman–Crippen LogP) is 6.99. The van der Waals surface area contributed by atoms with Gasteiger partial charge in [0.15, 0.2) is 0 Å². The van der Waals surface area contributed by atoms with Crippen molar-refractivity contribution in [3.63, 3.8) is 0 Å². The lowest BCUT2D eigenvalue weighted by molar-refractivity contribution is 0.409. The lowest BCUT2D eigenvalue weighted by Gasteiger charge is -2.23. The highest BCUT2D eigenvalue weighted by atomic mass is 16.5. The fourth-order valence-electron chi connectivity index (χ4n) is 4.51. The van der Waals surface area contributed by atoms with Gasteiger partial charge in [0, 0.05) is 22.4 Å². The van der Waals surface area contributed by atoms with Crippen molar-refractivity contribution in [3.8, 4) is 22.6 Å². The van der Waals surface area contributed by atoms with Crippen LogP contribution < -0.4 is 4.74 Å². The van der Waals surface area contributed by atoms with Crippen molar-refractivity contribution in [2.75, 3.05) is 7.11 Å². The monoisotopic (exact) mass is 370 g/mol. The molecular formula is C26H26O2. The second-order valence-electron chi connectivity index (χ2n) is 7.65. The minimum atomic E-state index is 0.164. The number of aromatic hydroxyl groups is 1. The molecule has 4 rings (SSSR count). The number of phenols is 1. The van der Waals surface area contributed by atoms with Crippen LogP contribution in [0.15, 0.2) is 76.9 Å². The minimum Gasteiger partial charge on any atom is -0.507 e. The summed E-state index contributed by atoms with van der Waals surface area (Å²) >= 11 is 0. The van der Waals surface area contributed by atoms with Crippen molar-refractivity contribution >= 4 is 10.8 Å². The summed E-state index contributed by atoms with van der Waals surface area (Å²) < 4.78 is 5.79. The van der Waals surface area contributed by atoms with Crippen molar-refractivity contribution < 1.29 is 9.84 Å². The zero-order valence-corrected chi connectivity index (χ0v) is 17.1. The van der Waals surface area contributed by atoms with Crippen molar-refractivity contribution in [2.24, 2.45) is 0 Å². The van der Waals surface area contributed by atoms with E-state index in [2.05, 4.69) is 39.8 Å². The molecule has 3 aromatic rings. The maximum Gasteiger partial charge on any atom is 0.131 e. The Morgan fingerprint density at radius 3 is 2.11 bits per heavy atom. The first-order chi connectivity index (χ1) is 13.5. The van der Waals surface area contributed by atoms with Gasteiger partial charge in [-0.05, 0) is 55.9 Å². The Kier molecular flexibility index (Phi) is 4.50. The molecule has 0 saturated carbocycles. The molecule has 0 amide bonds. The van der Waals surface area contributed by atoms with E-state index >= 15 is 0 Å². The van der Waals surface area contributed by atoms with Gasteiger partial charge >= 0.3 is 0 Å². The first-order valence-electron chi connectivity index (χ1n) is 9.68. The van der Waals surface area contributed by atoms with Crippen molar-refractivity contribution in [3.05, 3.63) is 82.5 Å². The number of rotatable bonds is 3. The zero-order chi connectivity index (χ0) is 20.0. The average Bonchev–Trinajstić information content (AvgIpc) is 2.91. The summed E-state index contributed by atoms with van der Waals surface area (Å²) in [6, 6.07) is 18.1. The minimum absolute atomic E-state index is 0.164. The number of hydrogen-bond acceptors (Lipinski definition) is 2. The fraction of sp³-hybridized carbons (Fsp3) is 0.231. The summed E-state index contributed by atoms with van der Waals surface area (Å²) in [5, 5.41) is 13.0. The molecule has 28 heavy (non-hydrogen) atoms. The summed E-state index contributed by atoms with van der Waals surface area (Å²) in [6.07, 6.45) is 0. The highest BCUT2D eigenvalue weighted by Crippen LogP contribution is 2.50. The van der Waals surface area contributed by atoms with Crippen LogP contribution in [0.1, 0.15) is 39.2 Å². The quantitative estimate of drug-likeness (QED) is 0.538. The third-order valence-electron chi connectivity index (χ3n) is 6.38. The normalized spacial score (nSPS) is 15.0. The van der Waals surface area contributed by atoms with Gasteiger partial charge in [-0.2, -0.15) is 0 Å². The largest absolute Gasteiger partial charge is 0.507 e. The molecule has 1 aliphatic rings. The van der Waals surface area contributed by atoms with E-state index in [1.54, 1.807) is 7.11 Å². The van der Waals surface area contributed by atoms with E-state index in [0.29, 0.717) is 5.75 Å². The summed E-state index contributed by atoms with van der Waals surface area (Å²) in [5.41, 5.74) is 8.39. The molecule has 0 saturated heterocycles. The molecule has 0 atom stereocenters. The van der Waals surface area contributed by atoms with E-state index in [-0.39, 0.29) is 5.92 Å². The van der Waals surface area contributed by atoms with E-state index in [1.165, 1.54) is 22.3 Å². The molecule has 3 aromatic carbocycles. The lowest BCUT2D eigenvalue weighted by atomic mass is 9.82. The first kappa shape index (κ1) is 18.4. The van der Waals surface area contributed by atoms with Gasteiger partial charge in [0.05, 0.1) is 7.11 Å². The molecule has 0 radical (unpaired) electrons. The number of phenolic OH excluding ortho intramolecular Hbond substituents is 1. The Labute approximate surface area is 166 Å². The van der Waals surface area contributed by atoms with Crippen LogP contribution in [-0.2, 0) is 0 Å². The molecule has 1 N–H and O–H groups in total. The van der Waals surface area contributed by atoms with Crippen LogP contribution in [-0.4, -0.2) is 12.2 Å². The lowest BCUT2D eigenvalue weighted by Crippen LogP contribution is -2.05. The summed E-state index contributed by atoms with van der Waals surface area (Å²) in [6.45, 7) is 8.79. The van der Waals surface area contributed by atoms with Gasteiger partial charge in [0.25, 0.3) is 0 Å². The molecule has 0 bridgehead atoms. The Hall–Kier alpha value is -3.00. The smallest absolute Gasteiger partial charge is 0.131 e. The van der Waals surface area contributed by atoms with E-state index in [1.807, 2.05) is 42.5 Å². The fourth-order valence-corrected chi connectivity index (χ4v) is 4.51. The molecule has 0 spiro atoms. The molecule has 0 aromatic heterocycles. The van der Waals surface area contributed by atoms with E-state index < -0.39 is 0 Å². The van der Waals surface area contributed by atoms with E-state index in [0.717, 1.165) is 33.2 Å². The van der Waals surface area contributed by atoms with Gasteiger partial charge in [-0.3, -0.25) is 0 Å².